The van der Waals surface area contributed by atoms with Crippen molar-refractivity contribution in [1.82, 2.24) is 10.6 Å². The van der Waals surface area contributed by atoms with Gasteiger partial charge < -0.3 is 21.1 Å². The largest absolute Gasteiger partial charge is 0.481 e. The van der Waals surface area contributed by atoms with E-state index >= 15 is 0 Å². The average molecular weight is 377 g/mol. The highest BCUT2D eigenvalue weighted by atomic mass is 16.4. The van der Waals surface area contributed by atoms with Gasteiger partial charge in [0.15, 0.2) is 0 Å². The second-order valence-corrected chi connectivity index (χ2v) is 7.45. The van der Waals surface area contributed by atoms with Crippen LogP contribution in [0.25, 0.3) is 0 Å². The second kappa shape index (κ2) is 10.7. The van der Waals surface area contributed by atoms with Crippen LogP contribution in [0.15, 0.2) is 24.3 Å². The molecule has 0 aromatic heterocycles. The number of nitrogens with one attached hydrogen (secondary N) is 3. The Balaban J connectivity index is 2.82. The molecule has 0 heterocycles. The first-order chi connectivity index (χ1) is 12.6. The highest BCUT2D eigenvalue weighted by Gasteiger charge is 2.28. The van der Waals surface area contributed by atoms with E-state index in [4.69, 9.17) is 5.11 Å². The number of anilines is 1. The molecule has 0 fully saturated rings. The number of carboxylic acid groups (broad SMARTS) is 1. The van der Waals surface area contributed by atoms with E-state index in [1.165, 1.54) is 0 Å². The minimum atomic E-state index is -1.16. The Morgan fingerprint density at radius 2 is 1.59 bits per heavy atom. The lowest BCUT2D eigenvalue weighted by molar-refractivity contribution is -0.140. The van der Waals surface area contributed by atoms with Crippen molar-refractivity contribution in [3.8, 4) is 0 Å². The summed E-state index contributed by atoms with van der Waals surface area (Å²) in [5, 5.41) is 17.2. The van der Waals surface area contributed by atoms with Crippen molar-refractivity contribution in [2.45, 2.75) is 52.6 Å². The Bertz CT molecular complexity index is 641. The van der Waals surface area contributed by atoms with Crippen LogP contribution >= 0.6 is 0 Å². The molecule has 1 rings (SSSR count). The number of benzene rings is 1. The van der Waals surface area contributed by atoms with Crippen LogP contribution in [-0.4, -0.2) is 42.0 Å². The SMILES string of the molecule is CNC(C(=O)NC(CC(=O)O)C(=O)Nc1ccc(CC(C)C)cc1)C(C)C. The van der Waals surface area contributed by atoms with Crippen LogP contribution in [0.5, 0.6) is 0 Å². The molecule has 2 amide bonds. The van der Waals surface area contributed by atoms with Gasteiger partial charge in [-0.3, -0.25) is 14.4 Å². The van der Waals surface area contributed by atoms with Gasteiger partial charge in [-0.05, 0) is 43.0 Å². The van der Waals surface area contributed by atoms with Gasteiger partial charge in [0.2, 0.25) is 11.8 Å². The molecule has 2 unspecified atom stereocenters. The molecule has 0 aliphatic rings. The molecule has 0 aliphatic heterocycles. The van der Waals surface area contributed by atoms with Crippen LogP contribution in [0, 0.1) is 11.8 Å². The van der Waals surface area contributed by atoms with Crippen LogP contribution in [-0.2, 0) is 20.8 Å². The van der Waals surface area contributed by atoms with Gasteiger partial charge in [-0.1, -0.05) is 39.8 Å². The maximum atomic E-state index is 12.5. The van der Waals surface area contributed by atoms with Crippen molar-refractivity contribution in [3.63, 3.8) is 0 Å². The third-order valence-corrected chi connectivity index (χ3v) is 4.14. The van der Waals surface area contributed by atoms with Gasteiger partial charge in [-0.2, -0.15) is 0 Å². The fourth-order valence-corrected chi connectivity index (χ4v) is 2.84. The summed E-state index contributed by atoms with van der Waals surface area (Å²) < 4.78 is 0. The summed E-state index contributed by atoms with van der Waals surface area (Å²) in [5.74, 6) is -1.59. The number of aliphatic carboxylic acids is 1. The number of hydrogen-bond acceptors (Lipinski definition) is 4. The molecule has 7 heteroatoms. The Morgan fingerprint density at radius 3 is 2.04 bits per heavy atom. The smallest absolute Gasteiger partial charge is 0.305 e. The number of hydrogen-bond donors (Lipinski definition) is 4. The Morgan fingerprint density at radius 1 is 1.00 bits per heavy atom. The van der Waals surface area contributed by atoms with Gasteiger partial charge in [-0.15, -0.1) is 0 Å². The molecule has 0 saturated heterocycles. The monoisotopic (exact) mass is 377 g/mol. The molecular weight excluding hydrogens is 346 g/mol. The van der Waals surface area contributed by atoms with Gasteiger partial charge in [0.1, 0.15) is 6.04 Å². The maximum absolute atomic E-state index is 12.5. The third-order valence-electron chi connectivity index (χ3n) is 4.14. The minimum Gasteiger partial charge on any atom is -0.481 e. The molecule has 1 aromatic carbocycles. The molecular formula is C20H31N3O4. The van der Waals surface area contributed by atoms with Crippen LogP contribution in [0.3, 0.4) is 0 Å². The molecule has 150 valence electrons. The second-order valence-electron chi connectivity index (χ2n) is 7.45. The van der Waals surface area contributed by atoms with Gasteiger partial charge in [-0.25, -0.2) is 0 Å². The van der Waals surface area contributed by atoms with E-state index in [0.717, 1.165) is 12.0 Å². The molecule has 0 saturated carbocycles. The van der Waals surface area contributed by atoms with E-state index in [-0.39, 0.29) is 5.92 Å². The van der Waals surface area contributed by atoms with Gasteiger partial charge in [0, 0.05) is 5.69 Å². The van der Waals surface area contributed by atoms with Gasteiger partial charge >= 0.3 is 5.97 Å². The first kappa shape index (κ1) is 22.6. The van der Waals surface area contributed by atoms with Crippen molar-refractivity contribution in [2.75, 3.05) is 12.4 Å². The topological polar surface area (TPSA) is 108 Å². The lowest BCUT2D eigenvalue weighted by atomic mass is 10.0. The number of carbonyl (C=O) groups excluding carboxylic acids is 2. The van der Waals surface area contributed by atoms with Crippen LogP contribution in [0.2, 0.25) is 0 Å². The lowest BCUT2D eigenvalue weighted by Crippen LogP contribution is -2.53. The van der Waals surface area contributed by atoms with E-state index < -0.39 is 36.3 Å². The van der Waals surface area contributed by atoms with Crippen LogP contribution in [0.1, 0.15) is 39.7 Å². The lowest BCUT2D eigenvalue weighted by Gasteiger charge is -2.23. The van der Waals surface area contributed by atoms with E-state index in [9.17, 15) is 14.4 Å². The van der Waals surface area contributed by atoms with Gasteiger partial charge in [0.05, 0.1) is 12.5 Å². The molecule has 27 heavy (non-hydrogen) atoms. The molecule has 0 radical (unpaired) electrons. The van der Waals surface area contributed by atoms with E-state index in [2.05, 4.69) is 29.8 Å². The number of amides is 2. The van der Waals surface area contributed by atoms with Crippen LogP contribution in [0.4, 0.5) is 5.69 Å². The molecule has 0 spiro atoms. The Labute approximate surface area is 160 Å². The maximum Gasteiger partial charge on any atom is 0.305 e. The zero-order valence-electron chi connectivity index (χ0n) is 16.7. The highest BCUT2D eigenvalue weighted by Crippen LogP contribution is 2.14. The van der Waals surface area contributed by atoms with Gasteiger partial charge in [0.25, 0.3) is 0 Å². The molecule has 0 aliphatic carbocycles. The number of carbonyl (C=O) groups is 3. The normalized spacial score (nSPS) is 13.3. The first-order valence-electron chi connectivity index (χ1n) is 9.23. The Kier molecular flexibility index (Phi) is 8.94. The van der Waals surface area contributed by atoms with Crippen molar-refractivity contribution in [1.29, 1.82) is 0 Å². The zero-order chi connectivity index (χ0) is 20.6. The first-order valence-corrected chi connectivity index (χ1v) is 9.23. The van der Waals surface area contributed by atoms with Crippen molar-refractivity contribution >= 4 is 23.5 Å². The fraction of sp³-hybridized carbons (Fsp3) is 0.550. The quantitative estimate of drug-likeness (QED) is 0.499. The summed E-state index contributed by atoms with van der Waals surface area (Å²) in [6.07, 6.45) is 0.448. The van der Waals surface area contributed by atoms with Crippen LogP contribution < -0.4 is 16.0 Å². The summed E-state index contributed by atoms with van der Waals surface area (Å²) in [7, 11) is 1.65. The molecule has 7 nitrogen and oxygen atoms in total. The number of carboxylic acids is 1. The summed E-state index contributed by atoms with van der Waals surface area (Å²) in [4.78, 5) is 36.0. The molecule has 0 bridgehead atoms. The van der Waals surface area contributed by atoms with Crippen molar-refractivity contribution in [2.24, 2.45) is 11.8 Å². The molecule has 1 aromatic rings. The summed E-state index contributed by atoms with van der Waals surface area (Å²) in [6.45, 7) is 7.99. The fourth-order valence-electron chi connectivity index (χ4n) is 2.84. The summed E-state index contributed by atoms with van der Waals surface area (Å²) in [5.41, 5.74) is 1.72. The average Bonchev–Trinajstić information content (AvgIpc) is 2.55. The third kappa shape index (κ3) is 7.78. The minimum absolute atomic E-state index is 0.00274. The Hall–Kier alpha value is -2.41. The number of likely N-dealkylation sites (N-methyl/N-ethyl adjacent to an activating group) is 1. The van der Waals surface area contributed by atoms with E-state index in [1.54, 1.807) is 19.2 Å². The predicted octanol–water partition coefficient (Wildman–Crippen LogP) is 2.03. The number of rotatable bonds is 10. The summed E-state index contributed by atoms with van der Waals surface area (Å²) in [6, 6.07) is 5.75. The molecule has 2 atom stereocenters. The molecule has 4 N–H and O–H groups in total. The predicted molar refractivity (Wildman–Crippen MR) is 105 cm³/mol. The van der Waals surface area contributed by atoms with E-state index in [1.807, 2.05) is 26.0 Å². The van der Waals surface area contributed by atoms with E-state index in [0.29, 0.717) is 11.6 Å². The van der Waals surface area contributed by atoms with Crippen molar-refractivity contribution in [3.05, 3.63) is 29.8 Å². The highest BCUT2D eigenvalue weighted by molar-refractivity contribution is 5.99. The summed E-state index contributed by atoms with van der Waals surface area (Å²) >= 11 is 0. The van der Waals surface area contributed by atoms with Crippen molar-refractivity contribution < 1.29 is 19.5 Å². The standard InChI is InChI=1S/C20H31N3O4/c1-12(2)10-14-6-8-15(9-7-14)22-19(26)16(11-17(24)25)23-20(27)18(21-5)13(3)4/h6-9,12-13,16,18,21H,10-11H2,1-5H3,(H,22,26)(H,23,27)(H,24,25). The zero-order valence-corrected chi connectivity index (χ0v) is 16.7.